The number of nitrogens with zero attached hydrogens (tertiary/aromatic N) is 2. The van der Waals surface area contributed by atoms with Crippen LogP contribution in [0.4, 0.5) is 11.4 Å². The number of unbranched alkanes of at least 4 members (excludes halogenated alkanes) is 2. The lowest BCUT2D eigenvalue weighted by atomic mass is 10.1. The minimum absolute atomic E-state index is 0.00781. The highest BCUT2D eigenvalue weighted by molar-refractivity contribution is 5.59. The van der Waals surface area contributed by atoms with Crippen LogP contribution in [0, 0.1) is 10.1 Å². The summed E-state index contributed by atoms with van der Waals surface area (Å²) in [6.07, 6.45) is 4.62. The van der Waals surface area contributed by atoms with Crippen molar-refractivity contribution in [1.82, 2.24) is 4.90 Å². The molecule has 0 aliphatic carbocycles. The van der Waals surface area contributed by atoms with Gasteiger partial charge in [0.25, 0.3) is 5.69 Å². The van der Waals surface area contributed by atoms with Gasteiger partial charge >= 0.3 is 0 Å². The van der Waals surface area contributed by atoms with E-state index >= 15 is 0 Å². The lowest BCUT2D eigenvalue weighted by molar-refractivity contribution is -0.384. The molecule has 0 radical (unpaired) electrons. The topological polar surface area (TPSA) is 72.4 Å². The Bertz CT molecular complexity index is 427. The first kappa shape index (κ1) is 16.4. The number of nitro benzene ring substituents is 1. The maximum atomic E-state index is 10.9. The van der Waals surface area contributed by atoms with Crippen LogP contribution in [0.3, 0.4) is 0 Å². The Hall–Kier alpha value is -1.62. The second-order valence-corrected chi connectivity index (χ2v) is 5.13. The molecule has 0 aromatic heterocycles. The van der Waals surface area contributed by atoms with Crippen molar-refractivity contribution in [3.05, 3.63) is 33.9 Å². The van der Waals surface area contributed by atoms with Crippen LogP contribution in [0.2, 0.25) is 0 Å². The lowest BCUT2D eigenvalue weighted by Crippen LogP contribution is -2.25. The molecule has 0 amide bonds. The van der Waals surface area contributed by atoms with Gasteiger partial charge in [0, 0.05) is 12.6 Å². The van der Waals surface area contributed by atoms with E-state index in [2.05, 4.69) is 18.7 Å². The van der Waals surface area contributed by atoms with Gasteiger partial charge in [-0.2, -0.15) is 0 Å². The van der Waals surface area contributed by atoms with Crippen LogP contribution in [0.5, 0.6) is 0 Å². The summed E-state index contributed by atoms with van der Waals surface area (Å²) in [7, 11) is 0. The van der Waals surface area contributed by atoms with Crippen LogP contribution in [0.15, 0.2) is 18.2 Å². The van der Waals surface area contributed by atoms with Crippen LogP contribution >= 0.6 is 0 Å². The molecule has 5 heteroatoms. The second kappa shape index (κ2) is 8.53. The first-order valence-corrected chi connectivity index (χ1v) is 7.33. The van der Waals surface area contributed by atoms with Crippen molar-refractivity contribution in [3.8, 4) is 0 Å². The van der Waals surface area contributed by atoms with E-state index < -0.39 is 4.92 Å². The van der Waals surface area contributed by atoms with Crippen molar-refractivity contribution in [3.63, 3.8) is 0 Å². The quantitative estimate of drug-likeness (QED) is 0.426. The standard InChI is InChI=1S/C15H25N3O2/c1-3-5-9-17(10-6-4-2)12-13-7-8-14(16)15(11-13)18(19)20/h7-8,11H,3-6,9-10,12,16H2,1-2H3. The van der Waals surface area contributed by atoms with E-state index in [0.717, 1.165) is 50.9 Å². The van der Waals surface area contributed by atoms with E-state index in [0.29, 0.717) is 0 Å². The van der Waals surface area contributed by atoms with Gasteiger partial charge in [-0.3, -0.25) is 15.0 Å². The van der Waals surface area contributed by atoms with Crippen LogP contribution in [0.1, 0.15) is 45.1 Å². The molecule has 0 bridgehead atoms. The molecule has 0 aliphatic rings. The fourth-order valence-corrected chi connectivity index (χ4v) is 2.14. The van der Waals surface area contributed by atoms with Crippen molar-refractivity contribution in [2.45, 2.75) is 46.1 Å². The fourth-order valence-electron chi connectivity index (χ4n) is 2.14. The van der Waals surface area contributed by atoms with Gasteiger partial charge in [0.1, 0.15) is 5.69 Å². The van der Waals surface area contributed by atoms with E-state index in [1.54, 1.807) is 12.1 Å². The smallest absolute Gasteiger partial charge is 0.292 e. The summed E-state index contributed by atoms with van der Waals surface area (Å²) in [5, 5.41) is 10.9. The van der Waals surface area contributed by atoms with Gasteiger partial charge in [-0.25, -0.2) is 0 Å². The Morgan fingerprint density at radius 1 is 1.20 bits per heavy atom. The molecule has 0 aliphatic heterocycles. The molecule has 112 valence electrons. The van der Waals surface area contributed by atoms with Gasteiger partial charge in [-0.1, -0.05) is 32.8 Å². The van der Waals surface area contributed by atoms with Crippen LogP contribution < -0.4 is 5.73 Å². The van der Waals surface area contributed by atoms with Crippen LogP contribution in [-0.2, 0) is 6.54 Å². The number of nitrogen functional groups attached to an aromatic ring is 1. The summed E-state index contributed by atoms with van der Waals surface area (Å²) in [5.74, 6) is 0. The number of benzene rings is 1. The van der Waals surface area contributed by atoms with Gasteiger partial charge in [0.05, 0.1) is 4.92 Å². The van der Waals surface area contributed by atoms with Crippen molar-refractivity contribution in [2.24, 2.45) is 0 Å². The fraction of sp³-hybridized carbons (Fsp3) is 0.600. The first-order valence-electron chi connectivity index (χ1n) is 7.33. The molecule has 2 N–H and O–H groups in total. The summed E-state index contributed by atoms with van der Waals surface area (Å²) in [6.45, 7) is 7.17. The molecule has 5 nitrogen and oxygen atoms in total. The van der Waals surface area contributed by atoms with Gasteiger partial charge in [-0.05, 0) is 37.6 Å². The predicted octanol–water partition coefficient (Wildman–Crippen LogP) is 3.58. The molecule has 0 atom stereocenters. The van der Waals surface area contributed by atoms with E-state index in [1.165, 1.54) is 0 Å². The van der Waals surface area contributed by atoms with Gasteiger partial charge < -0.3 is 5.73 Å². The number of nitro groups is 1. The van der Waals surface area contributed by atoms with Crippen molar-refractivity contribution in [1.29, 1.82) is 0 Å². The van der Waals surface area contributed by atoms with Gasteiger partial charge in [-0.15, -0.1) is 0 Å². The highest BCUT2D eigenvalue weighted by Gasteiger charge is 2.13. The summed E-state index contributed by atoms with van der Waals surface area (Å²) in [6, 6.07) is 5.11. The average Bonchev–Trinajstić information content (AvgIpc) is 2.43. The van der Waals surface area contributed by atoms with E-state index in [-0.39, 0.29) is 11.4 Å². The number of rotatable bonds is 9. The maximum absolute atomic E-state index is 10.9. The Kier molecular flexibility index (Phi) is 7.01. The zero-order valence-electron chi connectivity index (χ0n) is 12.5. The van der Waals surface area contributed by atoms with Crippen LogP contribution in [0.25, 0.3) is 0 Å². The van der Waals surface area contributed by atoms with Crippen LogP contribution in [-0.4, -0.2) is 22.9 Å². The molecule has 20 heavy (non-hydrogen) atoms. The molecular formula is C15H25N3O2. The zero-order valence-corrected chi connectivity index (χ0v) is 12.5. The van der Waals surface area contributed by atoms with Crippen molar-refractivity contribution >= 4 is 11.4 Å². The molecule has 0 saturated carbocycles. The normalized spacial score (nSPS) is 10.9. The third-order valence-corrected chi connectivity index (χ3v) is 3.35. The van der Waals surface area contributed by atoms with E-state index in [4.69, 9.17) is 5.73 Å². The number of nitrogens with two attached hydrogens (primary N) is 1. The highest BCUT2D eigenvalue weighted by Crippen LogP contribution is 2.23. The Morgan fingerprint density at radius 2 is 1.80 bits per heavy atom. The minimum Gasteiger partial charge on any atom is -0.393 e. The highest BCUT2D eigenvalue weighted by atomic mass is 16.6. The summed E-state index contributed by atoms with van der Waals surface area (Å²) < 4.78 is 0. The van der Waals surface area contributed by atoms with E-state index in [9.17, 15) is 10.1 Å². The molecule has 0 heterocycles. The SMILES string of the molecule is CCCCN(CCCC)Cc1ccc(N)c([N+](=O)[O-])c1. The van der Waals surface area contributed by atoms with E-state index in [1.807, 2.05) is 6.07 Å². The molecular weight excluding hydrogens is 254 g/mol. The Morgan fingerprint density at radius 3 is 2.30 bits per heavy atom. The third kappa shape index (κ3) is 5.17. The molecule has 1 aromatic carbocycles. The summed E-state index contributed by atoms with van der Waals surface area (Å²) >= 11 is 0. The summed E-state index contributed by atoms with van der Waals surface area (Å²) in [5.41, 5.74) is 6.82. The average molecular weight is 279 g/mol. The number of anilines is 1. The molecule has 1 rings (SSSR count). The van der Waals surface area contributed by atoms with Crippen molar-refractivity contribution in [2.75, 3.05) is 18.8 Å². The Labute approximate surface area is 120 Å². The maximum Gasteiger partial charge on any atom is 0.292 e. The number of hydrogen-bond donors (Lipinski definition) is 1. The molecule has 0 saturated heterocycles. The second-order valence-electron chi connectivity index (χ2n) is 5.13. The molecule has 0 spiro atoms. The lowest BCUT2D eigenvalue weighted by Gasteiger charge is -2.22. The van der Waals surface area contributed by atoms with Gasteiger partial charge in [0.2, 0.25) is 0 Å². The molecule has 0 fully saturated rings. The third-order valence-electron chi connectivity index (χ3n) is 3.35. The monoisotopic (exact) mass is 279 g/mol. The Balaban J connectivity index is 2.76. The summed E-state index contributed by atoms with van der Waals surface area (Å²) in [4.78, 5) is 12.9. The predicted molar refractivity (Wildman–Crippen MR) is 82.6 cm³/mol. The largest absolute Gasteiger partial charge is 0.393 e. The number of hydrogen-bond acceptors (Lipinski definition) is 4. The van der Waals surface area contributed by atoms with Crippen molar-refractivity contribution < 1.29 is 4.92 Å². The van der Waals surface area contributed by atoms with Gasteiger partial charge in [0.15, 0.2) is 0 Å². The zero-order chi connectivity index (χ0) is 15.0. The molecule has 0 unspecified atom stereocenters. The first-order chi connectivity index (χ1) is 9.58. The molecule has 1 aromatic rings. The minimum atomic E-state index is -0.415.